The lowest BCUT2D eigenvalue weighted by Gasteiger charge is -2.29. The first-order valence-corrected chi connectivity index (χ1v) is 7.73. The molecule has 0 saturated carbocycles. The highest BCUT2D eigenvalue weighted by Gasteiger charge is 2.27. The van der Waals surface area contributed by atoms with Crippen LogP contribution in [0.4, 0.5) is 11.6 Å². The maximum absolute atomic E-state index is 13.0. The highest BCUT2D eigenvalue weighted by molar-refractivity contribution is 6.13. The van der Waals surface area contributed by atoms with Crippen LogP contribution in [-0.2, 0) is 4.74 Å². The molecule has 0 amide bonds. The van der Waals surface area contributed by atoms with E-state index < -0.39 is 5.78 Å². The molecule has 0 bridgehead atoms. The molecule has 0 unspecified atom stereocenters. The Morgan fingerprint density at radius 2 is 1.76 bits per heavy atom. The van der Waals surface area contributed by atoms with Crippen molar-refractivity contribution in [3.63, 3.8) is 0 Å². The molecule has 7 heteroatoms. The normalized spacial score (nSPS) is 13.8. The number of rotatable bonds is 3. The van der Waals surface area contributed by atoms with Gasteiger partial charge in [-0.05, 0) is 0 Å². The first-order chi connectivity index (χ1) is 12.2. The van der Waals surface area contributed by atoms with Crippen molar-refractivity contribution in [1.82, 2.24) is 4.98 Å². The molecular weight excluding hydrogens is 318 g/mol. The molecule has 2 heterocycles. The summed E-state index contributed by atoms with van der Waals surface area (Å²) in [5.74, 6) is -0.152. The van der Waals surface area contributed by atoms with Crippen LogP contribution >= 0.6 is 0 Å². The van der Waals surface area contributed by atoms with Crippen molar-refractivity contribution < 1.29 is 9.53 Å². The zero-order valence-electron chi connectivity index (χ0n) is 13.4. The van der Waals surface area contributed by atoms with E-state index >= 15 is 0 Å². The van der Waals surface area contributed by atoms with Gasteiger partial charge < -0.3 is 15.4 Å². The third kappa shape index (κ3) is 3.01. The number of carbonyl (C=O) groups excluding carboxylic acids is 1. The Morgan fingerprint density at radius 1 is 1.12 bits per heavy atom. The Hall–Kier alpha value is -3.42. The summed E-state index contributed by atoms with van der Waals surface area (Å²) in [6, 6.07) is 12.5. The number of anilines is 2. The van der Waals surface area contributed by atoms with Crippen LogP contribution in [0.15, 0.2) is 30.3 Å². The molecule has 1 aliphatic rings. The van der Waals surface area contributed by atoms with Crippen LogP contribution in [0.5, 0.6) is 0 Å². The van der Waals surface area contributed by atoms with E-state index in [0.29, 0.717) is 37.7 Å². The van der Waals surface area contributed by atoms with Crippen molar-refractivity contribution in [2.75, 3.05) is 36.9 Å². The van der Waals surface area contributed by atoms with Gasteiger partial charge in [-0.1, -0.05) is 30.3 Å². The molecule has 7 nitrogen and oxygen atoms in total. The predicted molar refractivity (Wildman–Crippen MR) is 91.0 cm³/mol. The van der Waals surface area contributed by atoms with Crippen LogP contribution in [0.25, 0.3) is 0 Å². The number of carbonyl (C=O) groups is 1. The van der Waals surface area contributed by atoms with Gasteiger partial charge in [0.25, 0.3) is 0 Å². The zero-order valence-corrected chi connectivity index (χ0v) is 13.4. The van der Waals surface area contributed by atoms with Crippen LogP contribution in [0.2, 0.25) is 0 Å². The molecule has 1 aromatic heterocycles. The fraction of sp³-hybridized carbons (Fsp3) is 0.222. The van der Waals surface area contributed by atoms with Gasteiger partial charge in [0.1, 0.15) is 34.9 Å². The molecule has 25 heavy (non-hydrogen) atoms. The first-order valence-electron chi connectivity index (χ1n) is 7.73. The van der Waals surface area contributed by atoms with E-state index in [1.54, 1.807) is 30.3 Å². The van der Waals surface area contributed by atoms with Crippen molar-refractivity contribution in [3.05, 3.63) is 52.6 Å². The van der Waals surface area contributed by atoms with Crippen molar-refractivity contribution in [2.45, 2.75) is 0 Å². The lowest BCUT2D eigenvalue weighted by atomic mass is 9.95. The molecular formula is C18H15N5O2. The number of aromatic nitrogens is 1. The summed E-state index contributed by atoms with van der Waals surface area (Å²) in [5, 5.41) is 19.1. The second-order valence-electron chi connectivity index (χ2n) is 5.46. The van der Waals surface area contributed by atoms with Crippen molar-refractivity contribution >= 4 is 17.4 Å². The lowest BCUT2D eigenvalue weighted by Crippen LogP contribution is -2.37. The summed E-state index contributed by atoms with van der Waals surface area (Å²) in [7, 11) is 0. The van der Waals surface area contributed by atoms with Gasteiger partial charge in [-0.15, -0.1) is 0 Å². The Kier molecular flexibility index (Phi) is 4.60. The summed E-state index contributed by atoms with van der Waals surface area (Å²) in [4.78, 5) is 19.0. The van der Waals surface area contributed by atoms with E-state index in [-0.39, 0.29) is 22.5 Å². The molecule has 2 aromatic rings. The molecule has 0 spiro atoms. The molecule has 1 aliphatic heterocycles. The second-order valence-corrected chi connectivity index (χ2v) is 5.46. The van der Waals surface area contributed by atoms with E-state index in [1.807, 2.05) is 17.0 Å². The number of nitrogens with zero attached hydrogens (tertiary/aromatic N) is 4. The average Bonchev–Trinajstić information content (AvgIpc) is 2.68. The molecule has 0 atom stereocenters. The number of nitrogen functional groups attached to an aromatic ring is 1. The summed E-state index contributed by atoms with van der Waals surface area (Å²) < 4.78 is 5.31. The largest absolute Gasteiger partial charge is 0.383 e. The molecule has 0 radical (unpaired) electrons. The highest BCUT2D eigenvalue weighted by atomic mass is 16.5. The van der Waals surface area contributed by atoms with Crippen molar-refractivity contribution in [2.24, 2.45) is 0 Å². The Bertz CT molecular complexity index is 890. The maximum Gasteiger partial charge on any atom is 0.195 e. The monoisotopic (exact) mass is 333 g/mol. The zero-order chi connectivity index (χ0) is 17.8. The summed E-state index contributed by atoms with van der Waals surface area (Å²) in [5.41, 5.74) is 6.32. The van der Waals surface area contributed by atoms with Crippen molar-refractivity contribution in [1.29, 1.82) is 10.5 Å². The van der Waals surface area contributed by atoms with Gasteiger partial charge in [0.05, 0.1) is 18.8 Å². The van der Waals surface area contributed by atoms with Gasteiger partial charge in [0.15, 0.2) is 5.78 Å². The summed E-state index contributed by atoms with van der Waals surface area (Å²) >= 11 is 0. The van der Waals surface area contributed by atoms with E-state index in [0.717, 1.165) is 0 Å². The van der Waals surface area contributed by atoms with Gasteiger partial charge in [-0.25, -0.2) is 4.98 Å². The van der Waals surface area contributed by atoms with Crippen molar-refractivity contribution in [3.8, 4) is 12.1 Å². The minimum Gasteiger partial charge on any atom is -0.383 e. The number of nitriles is 2. The molecule has 3 rings (SSSR count). The Labute approximate surface area is 144 Å². The molecule has 1 aromatic carbocycles. The summed E-state index contributed by atoms with van der Waals surface area (Å²) in [6.45, 7) is 2.06. The number of hydrogen-bond donors (Lipinski definition) is 1. The first kappa shape index (κ1) is 16.4. The van der Waals surface area contributed by atoms with Crippen LogP contribution in [-0.4, -0.2) is 37.1 Å². The van der Waals surface area contributed by atoms with Crippen LogP contribution in [0.3, 0.4) is 0 Å². The quantitative estimate of drug-likeness (QED) is 0.845. The molecule has 1 fully saturated rings. The van der Waals surface area contributed by atoms with Gasteiger partial charge in [0.2, 0.25) is 0 Å². The number of ketones is 1. The van der Waals surface area contributed by atoms with Crippen LogP contribution < -0.4 is 10.6 Å². The number of ether oxygens (including phenoxy) is 1. The average molecular weight is 333 g/mol. The second kappa shape index (κ2) is 7.00. The van der Waals surface area contributed by atoms with Gasteiger partial charge in [-0.3, -0.25) is 4.79 Å². The van der Waals surface area contributed by atoms with Crippen LogP contribution in [0, 0.1) is 22.7 Å². The molecule has 124 valence electrons. The van der Waals surface area contributed by atoms with Gasteiger partial charge in [-0.2, -0.15) is 10.5 Å². The number of morpholine rings is 1. The van der Waals surface area contributed by atoms with E-state index in [2.05, 4.69) is 4.98 Å². The third-order valence-electron chi connectivity index (χ3n) is 4.00. The molecule has 0 aliphatic carbocycles. The number of hydrogen-bond acceptors (Lipinski definition) is 7. The third-order valence-corrected chi connectivity index (χ3v) is 4.00. The Balaban J connectivity index is 2.22. The minimum absolute atomic E-state index is 0.00481. The molecule has 2 N–H and O–H groups in total. The standard InChI is InChI=1S/C18H15N5O2/c19-10-13-15(16(24)12-4-2-1-3-5-12)14(11-20)18(22-17(13)21)23-6-8-25-9-7-23/h1-5H,6-9H2,(H2,21,22). The van der Waals surface area contributed by atoms with E-state index in [1.165, 1.54) is 0 Å². The van der Waals surface area contributed by atoms with Gasteiger partial charge in [0, 0.05) is 18.7 Å². The SMILES string of the molecule is N#Cc1c(N)nc(N2CCOCC2)c(C#N)c1C(=O)c1ccccc1. The predicted octanol–water partition coefficient (Wildman–Crippen LogP) is 1.47. The number of benzene rings is 1. The van der Waals surface area contributed by atoms with Crippen LogP contribution in [0.1, 0.15) is 27.0 Å². The lowest BCUT2D eigenvalue weighted by molar-refractivity contribution is 0.103. The van der Waals surface area contributed by atoms with E-state index in [4.69, 9.17) is 10.5 Å². The maximum atomic E-state index is 13.0. The number of pyridine rings is 1. The highest BCUT2D eigenvalue weighted by Crippen LogP contribution is 2.30. The Morgan fingerprint density at radius 3 is 2.36 bits per heavy atom. The fourth-order valence-electron chi connectivity index (χ4n) is 2.77. The smallest absolute Gasteiger partial charge is 0.195 e. The topological polar surface area (TPSA) is 116 Å². The molecule has 1 saturated heterocycles. The summed E-state index contributed by atoms with van der Waals surface area (Å²) in [6.07, 6.45) is 0. The van der Waals surface area contributed by atoms with E-state index in [9.17, 15) is 15.3 Å². The number of nitrogens with two attached hydrogens (primary N) is 1. The minimum atomic E-state index is -0.419. The van der Waals surface area contributed by atoms with Gasteiger partial charge >= 0.3 is 0 Å². The fourth-order valence-corrected chi connectivity index (χ4v) is 2.77.